The fraction of sp³-hybridized carbons (Fsp3) is 0.217. The highest BCUT2D eigenvalue weighted by Crippen LogP contribution is 2.26. The molecule has 7 heteroatoms. The van der Waals surface area contributed by atoms with E-state index in [4.69, 9.17) is 0 Å². The summed E-state index contributed by atoms with van der Waals surface area (Å²) in [7, 11) is 0. The monoisotopic (exact) mass is 398 g/mol. The minimum Gasteiger partial charge on any atom is -0.368 e. The Labute approximate surface area is 174 Å². The lowest BCUT2D eigenvalue weighted by atomic mass is 10.1. The highest BCUT2D eigenvalue weighted by Gasteiger charge is 2.22. The highest BCUT2D eigenvalue weighted by molar-refractivity contribution is 5.94. The molecule has 1 fully saturated rings. The van der Waals surface area contributed by atoms with Gasteiger partial charge in [0.1, 0.15) is 12.1 Å². The summed E-state index contributed by atoms with van der Waals surface area (Å²) in [4.78, 5) is 25.2. The Hall–Kier alpha value is -3.74. The number of piperazine rings is 1. The van der Waals surface area contributed by atoms with Crippen molar-refractivity contribution < 1.29 is 4.79 Å². The lowest BCUT2D eigenvalue weighted by Gasteiger charge is -2.36. The van der Waals surface area contributed by atoms with E-state index < -0.39 is 0 Å². The zero-order valence-corrected chi connectivity index (χ0v) is 16.8. The van der Waals surface area contributed by atoms with E-state index in [1.165, 1.54) is 0 Å². The van der Waals surface area contributed by atoms with Gasteiger partial charge in [0, 0.05) is 37.4 Å². The molecule has 3 heterocycles. The van der Waals surface area contributed by atoms with Crippen molar-refractivity contribution in [1.82, 2.24) is 19.7 Å². The predicted molar refractivity (Wildman–Crippen MR) is 118 cm³/mol. The van der Waals surface area contributed by atoms with Crippen LogP contribution in [0.4, 0.5) is 11.5 Å². The first kappa shape index (κ1) is 18.3. The van der Waals surface area contributed by atoms with Crippen LogP contribution in [0.15, 0.2) is 67.1 Å². The summed E-state index contributed by atoms with van der Waals surface area (Å²) in [5.74, 6) is 1.02. The molecule has 2 aromatic carbocycles. The van der Waals surface area contributed by atoms with Gasteiger partial charge >= 0.3 is 0 Å². The van der Waals surface area contributed by atoms with Crippen LogP contribution in [-0.2, 0) is 0 Å². The van der Waals surface area contributed by atoms with Crippen LogP contribution in [0.25, 0.3) is 16.7 Å². The van der Waals surface area contributed by atoms with Crippen LogP contribution >= 0.6 is 0 Å². The van der Waals surface area contributed by atoms with E-state index >= 15 is 0 Å². The molecule has 30 heavy (non-hydrogen) atoms. The SMILES string of the molecule is CC(=O)c1ccc(N2CCN(c3ncnc4c3cnn4-c3ccccc3)CC2)cc1. The van der Waals surface area contributed by atoms with Gasteiger partial charge in [-0.3, -0.25) is 4.79 Å². The number of anilines is 2. The first-order chi connectivity index (χ1) is 14.7. The van der Waals surface area contributed by atoms with Gasteiger partial charge in [-0.25, -0.2) is 14.6 Å². The molecule has 0 saturated carbocycles. The number of rotatable bonds is 4. The Bertz CT molecular complexity index is 1180. The van der Waals surface area contributed by atoms with Crippen LogP contribution in [0.2, 0.25) is 0 Å². The van der Waals surface area contributed by atoms with E-state index in [2.05, 4.69) is 24.9 Å². The van der Waals surface area contributed by atoms with Crippen molar-refractivity contribution in [3.05, 3.63) is 72.7 Å². The highest BCUT2D eigenvalue weighted by atomic mass is 16.1. The molecule has 4 aromatic rings. The van der Waals surface area contributed by atoms with Gasteiger partial charge in [0.15, 0.2) is 11.4 Å². The molecule has 2 aromatic heterocycles. The second kappa shape index (κ2) is 7.59. The molecule has 0 spiro atoms. The van der Waals surface area contributed by atoms with Crippen molar-refractivity contribution in [3.8, 4) is 5.69 Å². The van der Waals surface area contributed by atoms with E-state index in [1.807, 2.05) is 65.5 Å². The van der Waals surface area contributed by atoms with Gasteiger partial charge in [-0.05, 0) is 43.3 Å². The summed E-state index contributed by atoms with van der Waals surface area (Å²) in [5, 5.41) is 5.51. The third-order valence-electron chi connectivity index (χ3n) is 5.56. The number of para-hydroxylation sites is 1. The largest absolute Gasteiger partial charge is 0.368 e. The lowest BCUT2D eigenvalue weighted by molar-refractivity contribution is 0.101. The average Bonchev–Trinajstić information content (AvgIpc) is 3.24. The number of hydrogen-bond donors (Lipinski definition) is 0. The number of carbonyl (C=O) groups excluding carboxylic acids is 1. The molecule has 0 aliphatic carbocycles. The van der Waals surface area contributed by atoms with Crippen LogP contribution in [0.3, 0.4) is 0 Å². The van der Waals surface area contributed by atoms with Gasteiger partial charge in [0.2, 0.25) is 0 Å². The first-order valence-electron chi connectivity index (χ1n) is 10.1. The topological polar surface area (TPSA) is 67.2 Å². The summed E-state index contributed by atoms with van der Waals surface area (Å²) >= 11 is 0. The smallest absolute Gasteiger partial charge is 0.168 e. The third-order valence-corrected chi connectivity index (χ3v) is 5.56. The van der Waals surface area contributed by atoms with Crippen LogP contribution in [0.5, 0.6) is 0 Å². The van der Waals surface area contributed by atoms with Gasteiger partial charge in [-0.1, -0.05) is 18.2 Å². The Balaban J connectivity index is 1.36. The summed E-state index contributed by atoms with van der Waals surface area (Å²) in [5.41, 5.74) is 3.69. The number of hydrogen-bond acceptors (Lipinski definition) is 6. The van der Waals surface area contributed by atoms with Crippen molar-refractivity contribution >= 4 is 28.3 Å². The quantitative estimate of drug-likeness (QED) is 0.491. The van der Waals surface area contributed by atoms with Gasteiger partial charge in [0.05, 0.1) is 17.3 Å². The molecular weight excluding hydrogens is 376 g/mol. The molecule has 1 aliphatic heterocycles. The summed E-state index contributed by atoms with van der Waals surface area (Å²) in [6, 6.07) is 17.9. The van der Waals surface area contributed by atoms with E-state index in [9.17, 15) is 4.79 Å². The normalized spacial score (nSPS) is 14.3. The van der Waals surface area contributed by atoms with Crippen LogP contribution in [-0.4, -0.2) is 51.7 Å². The van der Waals surface area contributed by atoms with Crippen molar-refractivity contribution in [2.45, 2.75) is 6.92 Å². The Morgan fingerprint density at radius 3 is 2.23 bits per heavy atom. The second-order valence-corrected chi connectivity index (χ2v) is 7.40. The van der Waals surface area contributed by atoms with Crippen molar-refractivity contribution in [2.75, 3.05) is 36.0 Å². The third kappa shape index (κ3) is 3.28. The molecule has 1 saturated heterocycles. The van der Waals surface area contributed by atoms with Crippen LogP contribution < -0.4 is 9.80 Å². The molecule has 0 radical (unpaired) electrons. The maximum absolute atomic E-state index is 11.5. The maximum Gasteiger partial charge on any atom is 0.168 e. The summed E-state index contributed by atoms with van der Waals surface area (Å²) < 4.78 is 1.85. The Morgan fingerprint density at radius 1 is 0.833 bits per heavy atom. The molecule has 0 N–H and O–H groups in total. The molecule has 0 bridgehead atoms. The number of fused-ring (bicyclic) bond motifs is 1. The minimum absolute atomic E-state index is 0.0928. The predicted octanol–water partition coefficient (Wildman–Crippen LogP) is 3.34. The lowest BCUT2D eigenvalue weighted by Crippen LogP contribution is -2.46. The summed E-state index contributed by atoms with van der Waals surface area (Å²) in [6.07, 6.45) is 3.47. The second-order valence-electron chi connectivity index (χ2n) is 7.40. The van der Waals surface area contributed by atoms with Gasteiger partial charge in [-0.2, -0.15) is 5.10 Å². The van der Waals surface area contributed by atoms with Crippen molar-refractivity contribution in [1.29, 1.82) is 0 Å². The molecule has 5 rings (SSSR count). The maximum atomic E-state index is 11.5. The van der Waals surface area contributed by atoms with Crippen molar-refractivity contribution in [2.24, 2.45) is 0 Å². The van der Waals surface area contributed by atoms with E-state index in [-0.39, 0.29) is 5.78 Å². The van der Waals surface area contributed by atoms with Crippen molar-refractivity contribution in [3.63, 3.8) is 0 Å². The number of ketones is 1. The molecule has 7 nitrogen and oxygen atoms in total. The number of Topliss-reactive ketones (excluding diaryl/α,β-unsaturated/α-hetero) is 1. The number of carbonyl (C=O) groups is 1. The fourth-order valence-electron chi connectivity index (χ4n) is 3.93. The number of aromatic nitrogens is 4. The van der Waals surface area contributed by atoms with Crippen LogP contribution in [0.1, 0.15) is 17.3 Å². The van der Waals surface area contributed by atoms with E-state index in [0.29, 0.717) is 0 Å². The van der Waals surface area contributed by atoms with Gasteiger partial charge in [-0.15, -0.1) is 0 Å². The minimum atomic E-state index is 0.0928. The molecular formula is C23H22N6O. The molecule has 1 aliphatic rings. The van der Waals surface area contributed by atoms with E-state index in [1.54, 1.807) is 13.3 Å². The average molecular weight is 398 g/mol. The fourth-order valence-corrected chi connectivity index (χ4v) is 3.93. The zero-order chi connectivity index (χ0) is 20.5. The van der Waals surface area contributed by atoms with Crippen LogP contribution in [0, 0.1) is 0 Å². The van der Waals surface area contributed by atoms with Gasteiger partial charge < -0.3 is 9.80 Å². The Kier molecular flexibility index (Phi) is 4.63. The van der Waals surface area contributed by atoms with Gasteiger partial charge in [0.25, 0.3) is 0 Å². The Morgan fingerprint density at radius 2 is 1.53 bits per heavy atom. The number of benzene rings is 2. The molecule has 0 atom stereocenters. The zero-order valence-electron chi connectivity index (χ0n) is 16.8. The molecule has 0 unspecified atom stereocenters. The number of nitrogens with zero attached hydrogens (tertiary/aromatic N) is 6. The molecule has 0 amide bonds. The first-order valence-corrected chi connectivity index (χ1v) is 10.1. The summed E-state index contributed by atoms with van der Waals surface area (Å²) in [6.45, 7) is 5.08. The standard InChI is InChI=1S/C23H22N6O/c1-17(30)18-7-9-19(10-8-18)27-11-13-28(14-12-27)22-21-15-26-29(23(21)25-16-24-22)20-5-3-2-4-6-20/h2-10,15-16H,11-14H2,1H3. The molecule has 150 valence electrons. The van der Waals surface area contributed by atoms with E-state index in [0.717, 1.165) is 60.0 Å².